The second-order valence-corrected chi connectivity index (χ2v) is 16.5. The monoisotopic (exact) mass is 380 g/mol. The van der Waals surface area contributed by atoms with Crippen LogP contribution in [-0.2, 0) is 21.7 Å². The molecule has 0 bridgehead atoms. The Hall–Kier alpha value is -0.756. The minimum atomic E-state index is -1.64. The third-order valence-electron chi connectivity index (χ3n) is 4.65. The first-order chi connectivity index (χ1) is 11.6. The molecule has 0 aliphatic carbocycles. The van der Waals surface area contributed by atoms with E-state index in [1.165, 1.54) is 11.1 Å². The Bertz CT molecular complexity index is 528. The number of carbonyl (C=O) groups is 1. The SMILES string of the molecule is CCO[Si](C)(C)CCc1cccc(CC[Si](C)(C)OCC)c1C(C)=O. The fraction of sp³-hybridized carbons (Fsp3) is 0.650. The van der Waals surface area contributed by atoms with Gasteiger partial charge in [0, 0.05) is 18.8 Å². The van der Waals surface area contributed by atoms with Crippen LogP contribution in [0, 0.1) is 0 Å². The molecule has 1 aromatic rings. The maximum atomic E-state index is 12.3. The van der Waals surface area contributed by atoms with E-state index in [0.717, 1.165) is 43.7 Å². The van der Waals surface area contributed by atoms with Gasteiger partial charge in [0.05, 0.1) is 0 Å². The van der Waals surface area contributed by atoms with E-state index in [4.69, 9.17) is 8.85 Å². The summed E-state index contributed by atoms with van der Waals surface area (Å²) < 4.78 is 11.9. The van der Waals surface area contributed by atoms with E-state index in [9.17, 15) is 4.79 Å². The fourth-order valence-corrected chi connectivity index (χ4v) is 6.91. The largest absolute Gasteiger partial charge is 0.418 e. The van der Waals surface area contributed by atoms with Gasteiger partial charge in [0.1, 0.15) is 0 Å². The highest BCUT2D eigenvalue weighted by Gasteiger charge is 2.25. The van der Waals surface area contributed by atoms with Gasteiger partial charge in [0.25, 0.3) is 0 Å². The van der Waals surface area contributed by atoms with Gasteiger partial charge in [-0.3, -0.25) is 4.79 Å². The summed E-state index contributed by atoms with van der Waals surface area (Å²) in [6, 6.07) is 8.42. The Morgan fingerprint density at radius 3 is 1.60 bits per heavy atom. The number of aryl methyl sites for hydroxylation is 2. The molecule has 0 heterocycles. The van der Waals surface area contributed by atoms with Crippen molar-refractivity contribution < 1.29 is 13.6 Å². The first kappa shape index (κ1) is 22.3. The Balaban J connectivity index is 2.95. The zero-order chi connectivity index (χ0) is 19.1. The van der Waals surface area contributed by atoms with E-state index in [1.807, 2.05) is 0 Å². The maximum Gasteiger partial charge on any atom is 0.187 e. The van der Waals surface area contributed by atoms with Crippen molar-refractivity contribution in [1.29, 1.82) is 0 Å². The normalized spacial score (nSPS) is 12.4. The minimum absolute atomic E-state index is 0.178. The van der Waals surface area contributed by atoms with Crippen LogP contribution in [0.15, 0.2) is 18.2 Å². The van der Waals surface area contributed by atoms with Gasteiger partial charge in [-0.1, -0.05) is 18.2 Å². The molecule has 0 aliphatic rings. The zero-order valence-electron chi connectivity index (χ0n) is 17.2. The van der Waals surface area contributed by atoms with Crippen LogP contribution in [-0.4, -0.2) is 35.6 Å². The van der Waals surface area contributed by atoms with E-state index in [1.54, 1.807) is 6.92 Å². The summed E-state index contributed by atoms with van der Waals surface area (Å²) in [6.07, 6.45) is 1.85. The van der Waals surface area contributed by atoms with Gasteiger partial charge in [-0.05, 0) is 83.0 Å². The Morgan fingerprint density at radius 2 is 1.28 bits per heavy atom. The molecule has 0 saturated carbocycles. The van der Waals surface area contributed by atoms with Crippen molar-refractivity contribution in [2.45, 2.75) is 71.9 Å². The van der Waals surface area contributed by atoms with Gasteiger partial charge < -0.3 is 8.85 Å². The van der Waals surface area contributed by atoms with Crippen LogP contribution in [0.3, 0.4) is 0 Å². The smallest absolute Gasteiger partial charge is 0.187 e. The van der Waals surface area contributed by atoms with Crippen LogP contribution in [0.4, 0.5) is 0 Å². The van der Waals surface area contributed by atoms with Crippen LogP contribution >= 0.6 is 0 Å². The molecular weight excluding hydrogens is 344 g/mol. The minimum Gasteiger partial charge on any atom is -0.418 e. The van der Waals surface area contributed by atoms with Crippen LogP contribution < -0.4 is 0 Å². The summed E-state index contributed by atoms with van der Waals surface area (Å²) >= 11 is 0. The highest BCUT2D eigenvalue weighted by Crippen LogP contribution is 2.24. The molecule has 3 nitrogen and oxygen atoms in total. The van der Waals surface area contributed by atoms with Crippen molar-refractivity contribution in [3.63, 3.8) is 0 Å². The van der Waals surface area contributed by atoms with Crippen LogP contribution in [0.1, 0.15) is 42.3 Å². The number of hydrogen-bond acceptors (Lipinski definition) is 3. The molecule has 0 atom stereocenters. The molecule has 0 saturated heterocycles. The second kappa shape index (κ2) is 9.81. The van der Waals surface area contributed by atoms with Crippen molar-refractivity contribution in [3.05, 3.63) is 34.9 Å². The first-order valence-electron chi connectivity index (χ1n) is 9.51. The van der Waals surface area contributed by atoms with Gasteiger partial charge in [-0.15, -0.1) is 0 Å². The van der Waals surface area contributed by atoms with Crippen LogP contribution in [0.25, 0.3) is 0 Å². The van der Waals surface area contributed by atoms with Crippen LogP contribution in [0.2, 0.25) is 38.3 Å². The van der Waals surface area contributed by atoms with Gasteiger partial charge in [0.2, 0.25) is 0 Å². The summed E-state index contributed by atoms with van der Waals surface area (Å²) in [7, 11) is -3.29. The summed E-state index contributed by atoms with van der Waals surface area (Å²) in [4.78, 5) is 12.3. The molecule has 0 aliphatic heterocycles. The molecule has 0 fully saturated rings. The number of carbonyl (C=O) groups excluding carboxylic acids is 1. The van der Waals surface area contributed by atoms with Crippen molar-refractivity contribution in [2.75, 3.05) is 13.2 Å². The summed E-state index contributed by atoms with van der Waals surface area (Å²) in [6.45, 7) is 16.4. The summed E-state index contributed by atoms with van der Waals surface area (Å²) in [5.41, 5.74) is 3.30. The lowest BCUT2D eigenvalue weighted by Crippen LogP contribution is -2.31. The number of ketones is 1. The standard InChI is InChI=1S/C20H36O3Si2/c1-8-22-24(4,5)15-13-18-11-10-12-19(20(18)17(3)21)14-16-25(6,7)23-9-2/h10-12H,8-9,13-16H2,1-7H3. The predicted molar refractivity (Wildman–Crippen MR) is 112 cm³/mol. The second-order valence-electron chi connectivity index (χ2n) is 7.89. The zero-order valence-corrected chi connectivity index (χ0v) is 19.2. The molecule has 1 aromatic carbocycles. The van der Waals surface area contributed by atoms with Crippen molar-refractivity contribution >= 4 is 22.4 Å². The molecule has 0 radical (unpaired) electrons. The first-order valence-corrected chi connectivity index (χ1v) is 15.7. The number of hydrogen-bond donors (Lipinski definition) is 0. The topological polar surface area (TPSA) is 35.5 Å². The highest BCUT2D eigenvalue weighted by atomic mass is 28.4. The quantitative estimate of drug-likeness (QED) is 0.378. The molecule has 0 amide bonds. The molecule has 0 spiro atoms. The summed E-state index contributed by atoms with van der Waals surface area (Å²) in [5.74, 6) is 0.178. The molecule has 0 N–H and O–H groups in total. The fourth-order valence-electron chi connectivity index (χ4n) is 3.32. The average Bonchev–Trinajstić information content (AvgIpc) is 2.50. The lowest BCUT2D eigenvalue weighted by Gasteiger charge is -2.24. The molecule has 25 heavy (non-hydrogen) atoms. The molecule has 0 unspecified atom stereocenters. The summed E-state index contributed by atoms with van der Waals surface area (Å²) in [5, 5.41) is 0. The van der Waals surface area contributed by atoms with Gasteiger partial charge in [0.15, 0.2) is 22.4 Å². The number of rotatable bonds is 11. The Morgan fingerprint density at radius 1 is 0.880 bits per heavy atom. The van der Waals surface area contributed by atoms with Crippen LogP contribution in [0.5, 0.6) is 0 Å². The van der Waals surface area contributed by atoms with Crippen molar-refractivity contribution in [1.82, 2.24) is 0 Å². The highest BCUT2D eigenvalue weighted by molar-refractivity contribution is 6.71. The van der Waals surface area contributed by atoms with E-state index < -0.39 is 16.6 Å². The Kier molecular flexibility index (Phi) is 8.74. The predicted octanol–water partition coefficient (Wildman–Crippen LogP) is 5.46. The van der Waals surface area contributed by atoms with E-state index in [2.05, 4.69) is 58.2 Å². The van der Waals surface area contributed by atoms with Crippen molar-refractivity contribution in [3.8, 4) is 0 Å². The van der Waals surface area contributed by atoms with E-state index in [0.29, 0.717) is 0 Å². The molecular formula is C20H36O3Si2. The average molecular weight is 381 g/mol. The van der Waals surface area contributed by atoms with Gasteiger partial charge in [-0.25, -0.2) is 0 Å². The molecule has 5 heteroatoms. The molecule has 0 aromatic heterocycles. The third kappa shape index (κ3) is 7.56. The van der Waals surface area contributed by atoms with Gasteiger partial charge in [-0.2, -0.15) is 0 Å². The van der Waals surface area contributed by atoms with Crippen molar-refractivity contribution in [2.24, 2.45) is 0 Å². The molecule has 142 valence electrons. The molecule has 1 rings (SSSR count). The van der Waals surface area contributed by atoms with E-state index >= 15 is 0 Å². The van der Waals surface area contributed by atoms with Gasteiger partial charge >= 0.3 is 0 Å². The number of benzene rings is 1. The maximum absolute atomic E-state index is 12.3. The van der Waals surface area contributed by atoms with E-state index in [-0.39, 0.29) is 5.78 Å². The lowest BCUT2D eigenvalue weighted by molar-refractivity contribution is 0.101. The third-order valence-corrected chi connectivity index (χ3v) is 9.70. The number of Topliss-reactive ketones (excluding diaryl/α,β-unsaturated/α-hetero) is 1. The lowest BCUT2D eigenvalue weighted by atomic mass is 9.95. The Labute approximate surface area is 156 Å².